The third kappa shape index (κ3) is 7.99. The number of benzene rings is 13. The molecule has 0 atom stereocenters. The summed E-state index contributed by atoms with van der Waals surface area (Å²) in [4.78, 5) is 11.2. The number of rotatable bonds is 8. The predicted molar refractivity (Wildman–Crippen MR) is 387 cm³/mol. The van der Waals surface area contributed by atoms with E-state index in [0.29, 0.717) is 5.95 Å². The van der Waals surface area contributed by atoms with E-state index in [1.54, 1.807) is 0 Å². The second-order valence-corrected chi connectivity index (χ2v) is 26.5. The standard InChI is InChI=1S/C88H61N5/c1-87(2)74-27-15-11-23-64(74)66-43-39-62(51-76(66)87)91-80-29-17-13-25-68(80)72-47-58(37-45-82(72)91)60-35-41-70-71-42-36-61(59-38-46-83-73(48-59)69-26-14-18-30-81(69)92(83)63-40-44-67-65-24-12-16-28-75(65)88(3,4)77(67)52-63)50-85(71)93(84(70)49-60)86-89-78(56-21-9-6-10-22-56)53-79(90-86)57-33-31-55(32-34-57)54-19-7-5-8-20-54/h5-53H,1-4H3. The van der Waals surface area contributed by atoms with E-state index < -0.39 is 0 Å². The highest BCUT2D eigenvalue weighted by Crippen LogP contribution is 2.52. The molecule has 0 amide bonds. The number of aromatic nitrogens is 5. The summed E-state index contributed by atoms with van der Waals surface area (Å²) in [7, 11) is 0. The molecule has 4 heterocycles. The van der Waals surface area contributed by atoms with Crippen molar-refractivity contribution in [2.75, 3.05) is 0 Å². The molecule has 13 aromatic carbocycles. The van der Waals surface area contributed by atoms with Gasteiger partial charge in [-0.15, -0.1) is 0 Å². The molecule has 0 aliphatic heterocycles. The highest BCUT2D eigenvalue weighted by atomic mass is 15.2. The lowest BCUT2D eigenvalue weighted by Gasteiger charge is -2.22. The van der Waals surface area contributed by atoms with Gasteiger partial charge in [-0.2, -0.15) is 0 Å². The largest absolute Gasteiger partial charge is 0.309 e. The van der Waals surface area contributed by atoms with E-state index in [0.717, 1.165) is 72.1 Å². The Kier molecular flexibility index (Phi) is 11.4. The Labute approximate surface area is 539 Å². The van der Waals surface area contributed by atoms with E-state index in [1.165, 1.54) is 105 Å². The van der Waals surface area contributed by atoms with Crippen LogP contribution in [0.25, 0.3) is 161 Å². The molecule has 0 fully saturated rings. The summed E-state index contributed by atoms with van der Waals surface area (Å²) >= 11 is 0. The van der Waals surface area contributed by atoms with E-state index in [4.69, 9.17) is 9.97 Å². The van der Waals surface area contributed by atoms with Crippen molar-refractivity contribution in [2.45, 2.75) is 38.5 Å². The summed E-state index contributed by atoms with van der Waals surface area (Å²) in [6.07, 6.45) is 0. The van der Waals surface area contributed by atoms with Crippen LogP contribution in [0.3, 0.4) is 0 Å². The molecule has 4 aromatic heterocycles. The zero-order chi connectivity index (χ0) is 61.8. The molecule has 0 bridgehead atoms. The topological polar surface area (TPSA) is 40.6 Å². The van der Waals surface area contributed by atoms with Crippen LogP contribution in [-0.2, 0) is 10.8 Å². The number of fused-ring (bicyclic) bond motifs is 15. The Morgan fingerprint density at radius 1 is 0.226 bits per heavy atom. The molecule has 2 aliphatic rings. The molecule has 5 nitrogen and oxygen atoms in total. The van der Waals surface area contributed by atoms with Crippen LogP contribution < -0.4 is 0 Å². The molecule has 0 N–H and O–H groups in total. The lowest BCUT2D eigenvalue weighted by Crippen LogP contribution is -2.15. The molecule has 19 rings (SSSR count). The molecule has 0 radical (unpaired) electrons. The fourth-order valence-corrected chi connectivity index (χ4v) is 16.0. The maximum absolute atomic E-state index is 5.62. The summed E-state index contributed by atoms with van der Waals surface area (Å²) in [5.41, 5.74) is 30.2. The molecule has 438 valence electrons. The highest BCUT2D eigenvalue weighted by molar-refractivity contribution is 6.14. The molecular weight excluding hydrogens is 1130 g/mol. The average molecular weight is 1190 g/mol. The fraction of sp³-hybridized carbons (Fsp3) is 0.0682. The van der Waals surface area contributed by atoms with E-state index in [1.807, 2.05) is 0 Å². The normalized spacial score (nSPS) is 13.5. The van der Waals surface area contributed by atoms with Crippen molar-refractivity contribution in [2.24, 2.45) is 0 Å². The summed E-state index contributed by atoms with van der Waals surface area (Å²) < 4.78 is 7.24. The van der Waals surface area contributed by atoms with Gasteiger partial charge in [0.25, 0.3) is 0 Å². The van der Waals surface area contributed by atoms with Crippen LogP contribution in [0, 0.1) is 0 Å². The second kappa shape index (κ2) is 19.9. The number of hydrogen-bond donors (Lipinski definition) is 0. The quantitative estimate of drug-likeness (QED) is 0.152. The lowest BCUT2D eigenvalue weighted by atomic mass is 9.82. The van der Waals surface area contributed by atoms with Crippen LogP contribution >= 0.6 is 0 Å². The number of para-hydroxylation sites is 2. The molecule has 0 unspecified atom stereocenters. The third-order valence-corrected chi connectivity index (χ3v) is 20.7. The van der Waals surface area contributed by atoms with Crippen molar-refractivity contribution in [1.29, 1.82) is 0 Å². The molecule has 0 saturated heterocycles. The predicted octanol–water partition coefficient (Wildman–Crippen LogP) is 22.7. The minimum Gasteiger partial charge on any atom is -0.309 e. The van der Waals surface area contributed by atoms with Gasteiger partial charge < -0.3 is 9.13 Å². The lowest BCUT2D eigenvalue weighted by molar-refractivity contribution is 0.660. The first-order valence-electron chi connectivity index (χ1n) is 32.4. The van der Waals surface area contributed by atoms with Gasteiger partial charge in [0.05, 0.1) is 44.5 Å². The molecule has 0 saturated carbocycles. The summed E-state index contributed by atoms with van der Waals surface area (Å²) in [5, 5.41) is 7.11. The van der Waals surface area contributed by atoms with Crippen LogP contribution in [0.5, 0.6) is 0 Å². The molecule has 0 spiro atoms. The SMILES string of the molecule is CC1(C)c2ccccc2-c2ccc(-n3c4ccccc4c4cc(-c5ccc6c7ccc(-c8ccc9c(c8)c8ccccc8n9-c8ccc9c(c8)C(C)(C)c8ccccc8-9)cc7n(-c7nc(-c8ccccc8)cc(-c8ccc(-c9ccccc9)cc8)n7)c6c5)ccc43)cc21. The van der Waals surface area contributed by atoms with Crippen molar-refractivity contribution < 1.29 is 0 Å². The van der Waals surface area contributed by atoms with Crippen molar-refractivity contribution in [3.05, 3.63) is 320 Å². The number of nitrogens with zero attached hydrogens (tertiary/aromatic N) is 5. The minimum absolute atomic E-state index is 0.117. The van der Waals surface area contributed by atoms with E-state index >= 15 is 0 Å². The Hall–Kier alpha value is -11.7. The second-order valence-electron chi connectivity index (χ2n) is 26.5. The van der Waals surface area contributed by atoms with Crippen molar-refractivity contribution >= 4 is 65.4 Å². The van der Waals surface area contributed by atoms with Gasteiger partial charge in [0.15, 0.2) is 0 Å². The van der Waals surface area contributed by atoms with E-state index in [-0.39, 0.29) is 10.8 Å². The molecular formula is C88H61N5. The molecule has 17 aromatic rings. The fourth-order valence-electron chi connectivity index (χ4n) is 16.0. The summed E-state index contributed by atoms with van der Waals surface area (Å²) in [6, 6.07) is 110. The van der Waals surface area contributed by atoms with Gasteiger partial charge in [0.1, 0.15) is 0 Å². The van der Waals surface area contributed by atoms with Gasteiger partial charge in [0.2, 0.25) is 5.95 Å². The van der Waals surface area contributed by atoms with Crippen LogP contribution in [0.1, 0.15) is 49.9 Å². The van der Waals surface area contributed by atoms with E-state index in [2.05, 4.69) is 339 Å². The van der Waals surface area contributed by atoms with Crippen LogP contribution in [0.4, 0.5) is 0 Å². The van der Waals surface area contributed by atoms with Crippen molar-refractivity contribution in [3.8, 4) is 95.5 Å². The maximum Gasteiger partial charge on any atom is 0.235 e. The third-order valence-electron chi connectivity index (χ3n) is 20.7. The van der Waals surface area contributed by atoms with Gasteiger partial charge in [-0.05, 0) is 157 Å². The van der Waals surface area contributed by atoms with Gasteiger partial charge in [0, 0.05) is 65.6 Å². The maximum atomic E-state index is 5.62. The highest BCUT2D eigenvalue weighted by Gasteiger charge is 2.37. The van der Waals surface area contributed by atoms with Gasteiger partial charge in [-0.1, -0.05) is 246 Å². The monoisotopic (exact) mass is 1190 g/mol. The Bertz CT molecular complexity index is 5690. The molecule has 93 heavy (non-hydrogen) atoms. The first-order chi connectivity index (χ1) is 45.6. The van der Waals surface area contributed by atoms with Crippen LogP contribution in [-0.4, -0.2) is 23.7 Å². The van der Waals surface area contributed by atoms with Gasteiger partial charge in [-0.3, -0.25) is 4.57 Å². The molecule has 5 heteroatoms. The Morgan fingerprint density at radius 2 is 0.581 bits per heavy atom. The first-order valence-corrected chi connectivity index (χ1v) is 32.4. The van der Waals surface area contributed by atoms with Gasteiger partial charge in [-0.25, -0.2) is 9.97 Å². The van der Waals surface area contributed by atoms with Crippen molar-refractivity contribution in [1.82, 2.24) is 23.7 Å². The first kappa shape index (κ1) is 53.2. The van der Waals surface area contributed by atoms with Gasteiger partial charge >= 0.3 is 0 Å². The van der Waals surface area contributed by atoms with Crippen LogP contribution in [0.2, 0.25) is 0 Å². The van der Waals surface area contributed by atoms with Crippen molar-refractivity contribution in [3.63, 3.8) is 0 Å². The number of hydrogen-bond acceptors (Lipinski definition) is 2. The summed E-state index contributed by atoms with van der Waals surface area (Å²) in [6.45, 7) is 9.45. The minimum atomic E-state index is -0.117. The zero-order valence-electron chi connectivity index (χ0n) is 52.0. The Balaban J connectivity index is 0.791. The average Bonchev–Trinajstić information content (AvgIpc) is 1.60. The summed E-state index contributed by atoms with van der Waals surface area (Å²) in [5.74, 6) is 0.603. The Morgan fingerprint density at radius 3 is 1.09 bits per heavy atom. The smallest absolute Gasteiger partial charge is 0.235 e. The van der Waals surface area contributed by atoms with Crippen LogP contribution in [0.15, 0.2) is 297 Å². The molecule has 2 aliphatic carbocycles. The zero-order valence-corrected chi connectivity index (χ0v) is 52.0. The van der Waals surface area contributed by atoms with E-state index in [9.17, 15) is 0 Å².